The molecule has 136 valence electrons. The van der Waals surface area contributed by atoms with Crippen molar-refractivity contribution in [3.8, 4) is 11.5 Å². The summed E-state index contributed by atoms with van der Waals surface area (Å²) in [6.45, 7) is 0.353. The van der Waals surface area contributed by atoms with Gasteiger partial charge in [-0.3, -0.25) is 0 Å². The van der Waals surface area contributed by atoms with E-state index < -0.39 is 10.0 Å². The average molecular weight is 446 g/mol. The lowest BCUT2D eigenvalue weighted by atomic mass is 10.2. The number of thioether (sulfide) groups is 1. The first-order valence-corrected chi connectivity index (χ1v) is 10.9. The summed E-state index contributed by atoms with van der Waals surface area (Å²) in [6.07, 6.45) is 0. The van der Waals surface area contributed by atoms with Crippen LogP contribution in [0.2, 0.25) is 0 Å². The Morgan fingerprint density at radius 2 is 1.80 bits per heavy atom. The lowest BCUT2D eigenvalue weighted by Crippen LogP contribution is -2.26. The second-order valence-corrected chi connectivity index (χ2v) is 8.79. The van der Waals surface area contributed by atoms with Gasteiger partial charge >= 0.3 is 0 Å². The highest BCUT2D eigenvalue weighted by molar-refractivity contribution is 9.10. The first-order chi connectivity index (χ1) is 12.0. The van der Waals surface area contributed by atoms with Crippen LogP contribution in [0.5, 0.6) is 11.5 Å². The van der Waals surface area contributed by atoms with E-state index in [1.165, 1.54) is 31.9 Å². The molecule has 0 atom stereocenters. The quantitative estimate of drug-likeness (QED) is 0.596. The summed E-state index contributed by atoms with van der Waals surface area (Å²) in [5.41, 5.74) is 1.19. The normalized spacial score (nSPS) is 11.3. The molecule has 0 saturated heterocycles. The minimum Gasteiger partial charge on any atom is -0.493 e. The summed E-state index contributed by atoms with van der Waals surface area (Å²) in [5, 5.41) is 0. The summed E-state index contributed by atoms with van der Waals surface area (Å²) in [6, 6.07) is 12.5. The fourth-order valence-corrected chi connectivity index (χ4v) is 4.76. The van der Waals surface area contributed by atoms with Crippen LogP contribution in [-0.2, 0) is 15.8 Å². The highest BCUT2D eigenvalue weighted by Crippen LogP contribution is 2.29. The van der Waals surface area contributed by atoms with Crippen molar-refractivity contribution in [3.63, 3.8) is 0 Å². The van der Waals surface area contributed by atoms with Crippen LogP contribution in [0.4, 0.5) is 0 Å². The number of hydrogen-bond donors (Lipinski definition) is 1. The maximum absolute atomic E-state index is 12.4. The number of ether oxygens (including phenoxy) is 2. The molecule has 0 aliphatic rings. The van der Waals surface area contributed by atoms with Gasteiger partial charge in [0.15, 0.2) is 11.5 Å². The Bertz CT molecular complexity index is 812. The van der Waals surface area contributed by atoms with Gasteiger partial charge in [0, 0.05) is 28.6 Å². The molecule has 0 spiro atoms. The van der Waals surface area contributed by atoms with E-state index >= 15 is 0 Å². The van der Waals surface area contributed by atoms with Crippen molar-refractivity contribution >= 4 is 37.7 Å². The van der Waals surface area contributed by atoms with Crippen LogP contribution >= 0.6 is 27.7 Å². The van der Waals surface area contributed by atoms with Crippen LogP contribution in [0, 0.1) is 0 Å². The number of benzene rings is 2. The third kappa shape index (κ3) is 5.64. The van der Waals surface area contributed by atoms with E-state index in [1.54, 1.807) is 17.8 Å². The molecule has 0 heterocycles. The van der Waals surface area contributed by atoms with Crippen molar-refractivity contribution < 1.29 is 17.9 Å². The monoisotopic (exact) mass is 445 g/mol. The molecule has 5 nitrogen and oxygen atoms in total. The van der Waals surface area contributed by atoms with Gasteiger partial charge in [0.1, 0.15) is 0 Å². The van der Waals surface area contributed by atoms with E-state index in [4.69, 9.17) is 9.47 Å². The minimum atomic E-state index is -3.58. The molecule has 0 saturated carbocycles. The Balaban J connectivity index is 1.88. The van der Waals surface area contributed by atoms with Gasteiger partial charge in [0.05, 0.1) is 19.1 Å². The van der Waals surface area contributed by atoms with Crippen LogP contribution in [0.3, 0.4) is 0 Å². The smallest absolute Gasteiger partial charge is 0.240 e. The van der Waals surface area contributed by atoms with Crippen LogP contribution in [0.25, 0.3) is 0 Å². The van der Waals surface area contributed by atoms with Crippen LogP contribution in [0.1, 0.15) is 5.56 Å². The van der Waals surface area contributed by atoms with E-state index in [0.717, 1.165) is 10.2 Å². The zero-order valence-electron chi connectivity index (χ0n) is 14.0. The molecule has 8 heteroatoms. The van der Waals surface area contributed by atoms with Crippen molar-refractivity contribution in [2.45, 2.75) is 10.6 Å². The molecule has 25 heavy (non-hydrogen) atoms. The lowest BCUT2D eigenvalue weighted by Gasteiger charge is -2.11. The van der Waals surface area contributed by atoms with Crippen molar-refractivity contribution in [2.75, 3.05) is 26.5 Å². The molecule has 2 rings (SSSR count). The maximum Gasteiger partial charge on any atom is 0.240 e. The first-order valence-electron chi connectivity index (χ1n) is 7.51. The van der Waals surface area contributed by atoms with E-state index in [9.17, 15) is 8.42 Å². The second kappa shape index (κ2) is 9.47. The summed E-state index contributed by atoms with van der Waals surface area (Å²) in [7, 11) is -0.600. The number of methoxy groups -OCH3 is 2. The average Bonchev–Trinajstić information content (AvgIpc) is 2.62. The van der Waals surface area contributed by atoms with Crippen LogP contribution in [0.15, 0.2) is 51.8 Å². The minimum absolute atomic E-state index is 0.154. The molecular formula is C17H20BrNO4S2. The van der Waals surface area contributed by atoms with Gasteiger partial charge in [-0.2, -0.15) is 11.8 Å². The summed E-state index contributed by atoms with van der Waals surface area (Å²) >= 11 is 5.17. The van der Waals surface area contributed by atoms with Gasteiger partial charge in [0.2, 0.25) is 10.0 Å². The highest BCUT2D eigenvalue weighted by atomic mass is 79.9. The van der Waals surface area contributed by atoms with E-state index in [1.807, 2.05) is 24.3 Å². The Labute approximate surface area is 161 Å². The molecule has 0 amide bonds. The van der Waals surface area contributed by atoms with Crippen molar-refractivity contribution in [1.82, 2.24) is 4.72 Å². The maximum atomic E-state index is 12.4. The summed E-state index contributed by atoms with van der Waals surface area (Å²) in [4.78, 5) is 0.154. The number of sulfonamides is 1. The van der Waals surface area contributed by atoms with Gasteiger partial charge in [-0.05, 0) is 23.8 Å². The van der Waals surface area contributed by atoms with E-state index in [0.29, 0.717) is 23.8 Å². The molecule has 2 aromatic carbocycles. The zero-order valence-corrected chi connectivity index (χ0v) is 17.2. The zero-order chi connectivity index (χ0) is 18.3. The van der Waals surface area contributed by atoms with Crippen LogP contribution in [-0.4, -0.2) is 34.9 Å². The fraction of sp³-hybridized carbons (Fsp3) is 0.294. The summed E-state index contributed by atoms with van der Waals surface area (Å²) < 4.78 is 38.7. The Hall–Kier alpha value is -1.22. The molecule has 0 bridgehead atoms. The van der Waals surface area contributed by atoms with E-state index in [2.05, 4.69) is 20.7 Å². The Morgan fingerprint density at radius 1 is 1.08 bits per heavy atom. The van der Waals surface area contributed by atoms with Crippen molar-refractivity contribution in [2.24, 2.45) is 0 Å². The predicted octanol–water partition coefficient (Wildman–Crippen LogP) is 3.68. The van der Waals surface area contributed by atoms with Crippen molar-refractivity contribution in [3.05, 3.63) is 52.5 Å². The van der Waals surface area contributed by atoms with Gasteiger partial charge in [-0.15, -0.1) is 0 Å². The molecule has 0 unspecified atom stereocenters. The molecule has 0 aromatic heterocycles. The predicted molar refractivity (Wildman–Crippen MR) is 105 cm³/mol. The molecule has 0 radical (unpaired) electrons. The molecule has 2 aromatic rings. The summed E-state index contributed by atoms with van der Waals surface area (Å²) in [5.74, 6) is 2.37. The largest absolute Gasteiger partial charge is 0.493 e. The Kier molecular flexibility index (Phi) is 7.61. The van der Waals surface area contributed by atoms with E-state index in [-0.39, 0.29) is 4.90 Å². The topological polar surface area (TPSA) is 64.6 Å². The number of halogens is 1. The number of hydrogen-bond acceptors (Lipinski definition) is 5. The number of nitrogens with one attached hydrogen (secondary N) is 1. The van der Waals surface area contributed by atoms with Gasteiger partial charge in [-0.1, -0.05) is 34.1 Å². The van der Waals surface area contributed by atoms with Gasteiger partial charge in [-0.25, -0.2) is 13.1 Å². The highest BCUT2D eigenvalue weighted by Gasteiger charge is 2.16. The molecular weight excluding hydrogens is 426 g/mol. The standard InChI is InChI=1S/C17H20BrNO4S2/c1-22-16-8-7-14(11-17(16)23-2)25(20,21)19-9-10-24-12-13-5-3-4-6-15(13)18/h3-8,11,19H,9-10,12H2,1-2H3. The SMILES string of the molecule is COc1ccc(S(=O)(=O)NCCSCc2ccccc2Br)cc1OC. The second-order valence-electron chi connectivity index (χ2n) is 5.06. The van der Waals surface area contributed by atoms with Gasteiger partial charge < -0.3 is 9.47 Å². The Morgan fingerprint density at radius 3 is 2.48 bits per heavy atom. The van der Waals surface area contributed by atoms with Gasteiger partial charge in [0.25, 0.3) is 0 Å². The first kappa shape index (κ1) is 20.1. The van der Waals surface area contributed by atoms with Crippen molar-refractivity contribution in [1.29, 1.82) is 0 Å². The lowest BCUT2D eigenvalue weighted by molar-refractivity contribution is 0.354. The molecule has 0 aliphatic heterocycles. The molecule has 1 N–H and O–H groups in total. The third-order valence-electron chi connectivity index (χ3n) is 3.42. The molecule has 0 aliphatic carbocycles. The molecule has 0 fully saturated rings. The third-order valence-corrected chi connectivity index (χ3v) is 6.66. The number of rotatable bonds is 9. The fourth-order valence-electron chi connectivity index (χ4n) is 2.11. The van der Waals surface area contributed by atoms with Crippen LogP contribution < -0.4 is 14.2 Å².